The summed E-state index contributed by atoms with van der Waals surface area (Å²) in [6.45, 7) is 2.61. The molecule has 0 unspecified atom stereocenters. The van der Waals surface area contributed by atoms with E-state index >= 15 is 0 Å². The number of aromatic amines is 1. The molecule has 142 valence electrons. The van der Waals surface area contributed by atoms with E-state index in [1.165, 1.54) is 12.1 Å². The molecule has 1 aliphatic carbocycles. The molecular weight excluding hydrogens is 350 g/mol. The summed E-state index contributed by atoms with van der Waals surface area (Å²) in [7, 11) is 0. The molecule has 2 atom stereocenters. The fourth-order valence-electron chi connectivity index (χ4n) is 4.12. The van der Waals surface area contributed by atoms with Crippen LogP contribution in [0.25, 0.3) is 10.9 Å². The number of hydrogen-bond donors (Lipinski definition) is 2. The lowest BCUT2D eigenvalue weighted by Crippen LogP contribution is -2.34. The van der Waals surface area contributed by atoms with Crippen LogP contribution in [0, 0.1) is 17.8 Å². The van der Waals surface area contributed by atoms with Crippen LogP contribution in [0.4, 0.5) is 0 Å². The fourth-order valence-corrected chi connectivity index (χ4v) is 4.12. The molecule has 1 aliphatic heterocycles. The number of nitrogens with one attached hydrogen (secondary N) is 1. The van der Waals surface area contributed by atoms with Gasteiger partial charge in [-0.05, 0) is 49.8 Å². The summed E-state index contributed by atoms with van der Waals surface area (Å²) in [6.07, 6.45) is 2.05. The number of amides is 1. The minimum Gasteiger partial charge on any atom is -0.481 e. The maximum atomic E-state index is 12.9. The van der Waals surface area contributed by atoms with Crippen molar-refractivity contribution in [2.45, 2.75) is 26.3 Å². The lowest BCUT2D eigenvalue weighted by atomic mass is 9.92. The Morgan fingerprint density at radius 3 is 2.59 bits per heavy atom. The Hall–Kier alpha value is -2.90. The molecule has 2 N–H and O–H groups in total. The van der Waals surface area contributed by atoms with Gasteiger partial charge < -0.3 is 15.0 Å². The molecule has 1 aromatic heterocycles. The van der Waals surface area contributed by atoms with E-state index in [4.69, 9.17) is 0 Å². The summed E-state index contributed by atoms with van der Waals surface area (Å²) in [6, 6.07) is 4.60. The largest absolute Gasteiger partial charge is 0.481 e. The van der Waals surface area contributed by atoms with Crippen molar-refractivity contribution in [1.82, 2.24) is 14.5 Å². The number of carboxylic acids is 1. The number of rotatable bonds is 4. The van der Waals surface area contributed by atoms with Crippen LogP contribution in [0.2, 0.25) is 0 Å². The monoisotopic (exact) mass is 371 g/mol. The summed E-state index contributed by atoms with van der Waals surface area (Å²) in [5.74, 6) is -1.26. The summed E-state index contributed by atoms with van der Waals surface area (Å²) in [5.41, 5.74) is -0.252. The quantitative estimate of drug-likeness (QED) is 0.829. The van der Waals surface area contributed by atoms with Gasteiger partial charge in [0.05, 0.1) is 16.8 Å². The molecule has 27 heavy (non-hydrogen) atoms. The zero-order valence-corrected chi connectivity index (χ0v) is 15.0. The first-order chi connectivity index (χ1) is 12.9. The number of carbonyl (C=O) groups is 2. The van der Waals surface area contributed by atoms with Gasteiger partial charge in [0.1, 0.15) is 0 Å². The maximum absolute atomic E-state index is 12.9. The van der Waals surface area contributed by atoms with E-state index < -0.39 is 23.1 Å². The van der Waals surface area contributed by atoms with Crippen LogP contribution in [0.1, 0.15) is 30.1 Å². The second-order valence-corrected chi connectivity index (χ2v) is 7.40. The predicted octanol–water partition coefficient (Wildman–Crippen LogP) is 0.892. The van der Waals surface area contributed by atoms with Gasteiger partial charge in [0, 0.05) is 25.2 Å². The van der Waals surface area contributed by atoms with Crippen LogP contribution in [0.5, 0.6) is 0 Å². The normalized spacial score (nSPS) is 22.3. The van der Waals surface area contributed by atoms with Crippen LogP contribution in [0.15, 0.2) is 27.8 Å². The molecule has 0 radical (unpaired) electrons. The van der Waals surface area contributed by atoms with Crippen molar-refractivity contribution in [3.05, 3.63) is 44.6 Å². The topological polar surface area (TPSA) is 112 Å². The van der Waals surface area contributed by atoms with E-state index in [0.29, 0.717) is 28.9 Å². The van der Waals surface area contributed by atoms with Crippen molar-refractivity contribution in [3.63, 3.8) is 0 Å². The van der Waals surface area contributed by atoms with Gasteiger partial charge in [0.2, 0.25) is 0 Å². The number of nitrogens with zero attached hydrogens (tertiary/aromatic N) is 2. The number of aromatic nitrogens is 2. The highest BCUT2D eigenvalue weighted by atomic mass is 16.4. The molecule has 8 heteroatoms. The third-order valence-corrected chi connectivity index (χ3v) is 5.74. The van der Waals surface area contributed by atoms with Crippen molar-refractivity contribution in [3.8, 4) is 0 Å². The van der Waals surface area contributed by atoms with Gasteiger partial charge in [-0.25, -0.2) is 4.79 Å². The summed E-state index contributed by atoms with van der Waals surface area (Å²) >= 11 is 0. The number of aliphatic carboxylic acids is 1. The first-order valence-electron chi connectivity index (χ1n) is 9.19. The van der Waals surface area contributed by atoms with E-state index in [1.807, 2.05) is 0 Å². The fraction of sp³-hybridized carbons (Fsp3) is 0.474. The van der Waals surface area contributed by atoms with Crippen LogP contribution in [-0.2, 0) is 11.3 Å². The lowest BCUT2D eigenvalue weighted by molar-refractivity contribution is -0.142. The van der Waals surface area contributed by atoms with E-state index in [1.54, 1.807) is 17.9 Å². The smallest absolute Gasteiger partial charge is 0.328 e. The number of carbonyl (C=O) groups excluding carboxylic acids is 1. The Morgan fingerprint density at radius 1 is 1.22 bits per heavy atom. The van der Waals surface area contributed by atoms with Gasteiger partial charge in [-0.15, -0.1) is 0 Å². The SMILES string of the molecule is CCn1c(=O)[nH]c2cc(C(=O)N3C[C@H](C(=O)O)[C@@H](C4CC4)C3)ccc2c1=O. The van der Waals surface area contributed by atoms with E-state index in [9.17, 15) is 24.3 Å². The Kier molecular flexibility index (Phi) is 4.13. The van der Waals surface area contributed by atoms with E-state index in [2.05, 4.69) is 4.98 Å². The van der Waals surface area contributed by atoms with Crippen molar-refractivity contribution < 1.29 is 14.7 Å². The van der Waals surface area contributed by atoms with E-state index in [-0.39, 0.29) is 24.9 Å². The Morgan fingerprint density at radius 2 is 1.96 bits per heavy atom. The number of carboxylic acid groups (broad SMARTS) is 1. The van der Waals surface area contributed by atoms with Crippen LogP contribution in [-0.4, -0.2) is 44.5 Å². The molecule has 0 spiro atoms. The van der Waals surface area contributed by atoms with Crippen LogP contribution < -0.4 is 11.2 Å². The maximum Gasteiger partial charge on any atom is 0.328 e. The Labute approximate surface area is 154 Å². The van der Waals surface area contributed by atoms with Gasteiger partial charge in [-0.1, -0.05) is 0 Å². The number of H-pyrrole nitrogens is 1. The van der Waals surface area contributed by atoms with Crippen molar-refractivity contribution in [1.29, 1.82) is 0 Å². The van der Waals surface area contributed by atoms with E-state index in [0.717, 1.165) is 17.4 Å². The third-order valence-electron chi connectivity index (χ3n) is 5.74. The average Bonchev–Trinajstić information content (AvgIpc) is 3.38. The second-order valence-electron chi connectivity index (χ2n) is 7.40. The third kappa shape index (κ3) is 2.94. The number of likely N-dealkylation sites (tertiary alicyclic amines) is 1. The highest BCUT2D eigenvalue weighted by molar-refractivity contribution is 5.98. The molecule has 1 aromatic carbocycles. The highest BCUT2D eigenvalue weighted by Gasteiger charge is 2.46. The molecule has 2 aliphatic rings. The van der Waals surface area contributed by atoms with Crippen molar-refractivity contribution in [2.75, 3.05) is 13.1 Å². The summed E-state index contributed by atoms with van der Waals surface area (Å²) < 4.78 is 1.10. The molecule has 1 saturated carbocycles. The van der Waals surface area contributed by atoms with Crippen LogP contribution >= 0.6 is 0 Å². The number of fused-ring (bicyclic) bond motifs is 1. The molecule has 1 amide bonds. The minimum absolute atomic E-state index is 0.00321. The predicted molar refractivity (Wildman–Crippen MR) is 97.7 cm³/mol. The lowest BCUT2D eigenvalue weighted by Gasteiger charge is -2.16. The molecule has 4 rings (SSSR count). The summed E-state index contributed by atoms with van der Waals surface area (Å²) in [5, 5.41) is 9.81. The molecule has 1 saturated heterocycles. The Balaban J connectivity index is 1.66. The molecule has 2 aromatic rings. The number of hydrogen-bond acceptors (Lipinski definition) is 4. The zero-order chi connectivity index (χ0) is 19.3. The first kappa shape index (κ1) is 17.5. The van der Waals surface area contributed by atoms with Crippen LogP contribution in [0.3, 0.4) is 0 Å². The molecule has 0 bridgehead atoms. The Bertz CT molecular complexity index is 1050. The highest BCUT2D eigenvalue weighted by Crippen LogP contribution is 2.44. The number of benzene rings is 1. The van der Waals surface area contributed by atoms with Crippen molar-refractivity contribution in [2.24, 2.45) is 17.8 Å². The molecule has 8 nitrogen and oxygen atoms in total. The van der Waals surface area contributed by atoms with Gasteiger partial charge in [0.25, 0.3) is 11.5 Å². The van der Waals surface area contributed by atoms with Gasteiger partial charge >= 0.3 is 11.7 Å². The summed E-state index contributed by atoms with van der Waals surface area (Å²) in [4.78, 5) is 53.0. The van der Waals surface area contributed by atoms with Gasteiger partial charge in [0.15, 0.2) is 0 Å². The van der Waals surface area contributed by atoms with Crippen molar-refractivity contribution >= 4 is 22.8 Å². The molecule has 2 heterocycles. The minimum atomic E-state index is -0.856. The molecular formula is C19H21N3O5. The van der Waals surface area contributed by atoms with Gasteiger partial charge in [-0.3, -0.25) is 19.0 Å². The standard InChI is InChI=1S/C19H21N3O5/c1-2-22-17(24)12-6-5-11(7-15(12)20-19(22)27)16(23)21-8-13(10-3-4-10)14(9-21)18(25)26/h5-7,10,13-14H,2-4,8-9H2,1H3,(H,20,27)(H,25,26)/t13-,14+/m1/s1. The van der Waals surface area contributed by atoms with Gasteiger partial charge in [-0.2, -0.15) is 0 Å². The molecule has 2 fully saturated rings. The zero-order valence-electron chi connectivity index (χ0n) is 15.0. The second kappa shape index (κ2) is 6.37. The average molecular weight is 371 g/mol. The first-order valence-corrected chi connectivity index (χ1v) is 9.19.